The van der Waals surface area contributed by atoms with Crippen LogP contribution < -0.4 is 10.9 Å². The molecule has 0 atom stereocenters. The van der Waals surface area contributed by atoms with E-state index in [4.69, 9.17) is 4.74 Å². The van der Waals surface area contributed by atoms with Gasteiger partial charge >= 0.3 is 5.97 Å². The van der Waals surface area contributed by atoms with Gasteiger partial charge < -0.3 is 15.2 Å². The Morgan fingerprint density at radius 2 is 2.00 bits per heavy atom. The van der Waals surface area contributed by atoms with E-state index in [0.717, 1.165) is 24.0 Å². The summed E-state index contributed by atoms with van der Waals surface area (Å²) in [6.45, 7) is 1.86. The number of aryl methyl sites for hydroxylation is 1. The van der Waals surface area contributed by atoms with Crippen LogP contribution in [0.15, 0.2) is 59.7 Å². The molecule has 1 saturated carbocycles. The van der Waals surface area contributed by atoms with Crippen molar-refractivity contribution in [2.75, 3.05) is 12.4 Å². The molecule has 1 aliphatic rings. The molecule has 29 heavy (non-hydrogen) atoms. The zero-order valence-electron chi connectivity index (χ0n) is 16.2. The zero-order valence-corrected chi connectivity index (χ0v) is 16.2. The summed E-state index contributed by atoms with van der Waals surface area (Å²) >= 11 is 0. The molecule has 0 bridgehead atoms. The molecule has 4 rings (SSSR count). The molecule has 1 aromatic heterocycles. The maximum absolute atomic E-state index is 13.2. The number of phenolic OH excluding ortho intramolecular Hbond substituents is 1. The average Bonchev–Trinajstić information content (AvgIpc) is 3.50. The third-order valence-corrected chi connectivity index (χ3v) is 5.26. The molecule has 148 valence electrons. The molecule has 0 spiro atoms. The van der Waals surface area contributed by atoms with Crippen LogP contribution >= 0.6 is 0 Å². The number of para-hydroxylation sites is 1. The van der Waals surface area contributed by atoms with Crippen LogP contribution in [-0.2, 0) is 10.3 Å². The van der Waals surface area contributed by atoms with Crippen molar-refractivity contribution in [1.29, 1.82) is 0 Å². The van der Waals surface area contributed by atoms with Crippen molar-refractivity contribution in [1.82, 2.24) is 9.55 Å². The van der Waals surface area contributed by atoms with Gasteiger partial charge in [-0.25, -0.2) is 9.78 Å². The van der Waals surface area contributed by atoms with Crippen molar-refractivity contribution in [3.8, 4) is 11.4 Å². The summed E-state index contributed by atoms with van der Waals surface area (Å²) in [5, 5.41) is 13.5. The quantitative estimate of drug-likeness (QED) is 0.649. The fraction of sp³-hybridized carbons (Fsp3) is 0.227. The van der Waals surface area contributed by atoms with Crippen molar-refractivity contribution in [2.24, 2.45) is 0 Å². The number of carbonyl (C=O) groups excluding carboxylic acids is 1. The fourth-order valence-corrected chi connectivity index (χ4v) is 3.49. The van der Waals surface area contributed by atoms with Gasteiger partial charge in [0.05, 0.1) is 23.9 Å². The number of nitrogens with zero attached hydrogens (tertiary/aromatic N) is 2. The summed E-state index contributed by atoms with van der Waals surface area (Å²) in [5.74, 6) is -0.0882. The van der Waals surface area contributed by atoms with Gasteiger partial charge in [0.25, 0.3) is 5.56 Å². The highest BCUT2D eigenvalue weighted by Crippen LogP contribution is 2.50. The van der Waals surface area contributed by atoms with Crippen LogP contribution in [-0.4, -0.2) is 27.7 Å². The van der Waals surface area contributed by atoms with Gasteiger partial charge in [0, 0.05) is 18.0 Å². The van der Waals surface area contributed by atoms with Crippen LogP contribution in [0.4, 0.5) is 5.82 Å². The van der Waals surface area contributed by atoms with E-state index in [9.17, 15) is 14.7 Å². The Labute approximate surface area is 167 Å². The summed E-state index contributed by atoms with van der Waals surface area (Å²) in [5.41, 5.74) is 1.69. The molecule has 2 aromatic carbocycles. The number of hydrogen-bond donors (Lipinski definition) is 2. The molecule has 3 aromatic rings. The number of methoxy groups -OCH3 is 1. The van der Waals surface area contributed by atoms with Gasteiger partial charge in [0.2, 0.25) is 0 Å². The number of hydrogen-bond acceptors (Lipinski definition) is 6. The SMILES string of the molecule is COC(=O)c1ccc(C)c(-n2ccnc(NC3(c4ccccc4O)CC3)c2=O)c1. The molecule has 7 heteroatoms. The first-order valence-electron chi connectivity index (χ1n) is 9.29. The Kier molecular flexibility index (Phi) is 4.58. The molecule has 2 N–H and O–H groups in total. The number of nitrogens with one attached hydrogen (secondary N) is 1. The van der Waals surface area contributed by atoms with E-state index in [1.165, 1.54) is 17.9 Å². The van der Waals surface area contributed by atoms with E-state index < -0.39 is 11.5 Å². The van der Waals surface area contributed by atoms with E-state index in [-0.39, 0.29) is 17.1 Å². The average molecular weight is 391 g/mol. The Bertz CT molecular complexity index is 1150. The molecule has 0 aliphatic heterocycles. The van der Waals surface area contributed by atoms with Crippen molar-refractivity contribution in [2.45, 2.75) is 25.3 Å². The second kappa shape index (κ2) is 7.09. The van der Waals surface area contributed by atoms with Crippen LogP contribution in [0.25, 0.3) is 5.69 Å². The molecule has 7 nitrogen and oxygen atoms in total. The Morgan fingerprint density at radius 1 is 1.24 bits per heavy atom. The van der Waals surface area contributed by atoms with Gasteiger partial charge in [0.15, 0.2) is 5.82 Å². The lowest BCUT2D eigenvalue weighted by Crippen LogP contribution is -2.29. The third-order valence-electron chi connectivity index (χ3n) is 5.26. The van der Waals surface area contributed by atoms with E-state index >= 15 is 0 Å². The van der Waals surface area contributed by atoms with E-state index in [1.54, 1.807) is 36.5 Å². The Balaban J connectivity index is 1.74. The number of phenols is 1. The maximum atomic E-state index is 13.2. The minimum absolute atomic E-state index is 0.190. The first-order valence-corrected chi connectivity index (χ1v) is 9.29. The Hall–Kier alpha value is -3.61. The lowest BCUT2D eigenvalue weighted by Gasteiger charge is -2.20. The first kappa shape index (κ1) is 18.7. The minimum atomic E-state index is -0.500. The summed E-state index contributed by atoms with van der Waals surface area (Å²) in [7, 11) is 1.32. The van der Waals surface area contributed by atoms with Crippen molar-refractivity contribution >= 4 is 11.8 Å². The summed E-state index contributed by atoms with van der Waals surface area (Å²) < 4.78 is 6.24. The summed E-state index contributed by atoms with van der Waals surface area (Å²) in [6.07, 6.45) is 4.68. The summed E-state index contributed by atoms with van der Waals surface area (Å²) in [4.78, 5) is 29.3. The van der Waals surface area contributed by atoms with Gasteiger partial charge in [-0.3, -0.25) is 9.36 Å². The number of aromatic hydroxyl groups is 1. The molecule has 0 unspecified atom stereocenters. The van der Waals surface area contributed by atoms with Crippen molar-refractivity contribution in [3.05, 3.63) is 81.9 Å². The molecule has 0 saturated heterocycles. The van der Waals surface area contributed by atoms with E-state index in [0.29, 0.717) is 11.3 Å². The highest BCUT2D eigenvalue weighted by atomic mass is 16.5. The predicted molar refractivity (Wildman–Crippen MR) is 109 cm³/mol. The lowest BCUT2D eigenvalue weighted by atomic mass is 10.0. The Morgan fingerprint density at radius 3 is 2.69 bits per heavy atom. The summed E-state index contributed by atoms with van der Waals surface area (Å²) in [6, 6.07) is 12.2. The lowest BCUT2D eigenvalue weighted by molar-refractivity contribution is 0.0600. The van der Waals surface area contributed by atoms with Gasteiger partial charge in [0.1, 0.15) is 5.75 Å². The largest absolute Gasteiger partial charge is 0.508 e. The topological polar surface area (TPSA) is 93.5 Å². The van der Waals surface area contributed by atoms with Crippen LogP contribution in [0.5, 0.6) is 5.75 Å². The molecular weight excluding hydrogens is 370 g/mol. The van der Waals surface area contributed by atoms with Crippen LogP contribution in [0.1, 0.15) is 34.3 Å². The monoisotopic (exact) mass is 391 g/mol. The number of carbonyl (C=O) groups is 1. The van der Waals surface area contributed by atoms with Gasteiger partial charge in [-0.2, -0.15) is 0 Å². The number of aromatic nitrogens is 2. The maximum Gasteiger partial charge on any atom is 0.337 e. The number of rotatable bonds is 5. The molecule has 1 fully saturated rings. The smallest absolute Gasteiger partial charge is 0.337 e. The standard InChI is InChI=1S/C22H21N3O4/c1-14-7-8-15(21(28)29-2)13-17(14)25-12-11-23-19(20(25)27)24-22(9-10-22)16-5-3-4-6-18(16)26/h3-8,11-13,26H,9-10H2,1-2H3,(H,23,24). The van der Waals surface area contributed by atoms with Crippen LogP contribution in [0.2, 0.25) is 0 Å². The second-order valence-electron chi connectivity index (χ2n) is 7.17. The normalized spacial score (nSPS) is 14.3. The number of benzene rings is 2. The first-order chi connectivity index (χ1) is 13.9. The molecular formula is C22H21N3O4. The highest BCUT2D eigenvalue weighted by molar-refractivity contribution is 5.90. The molecule has 0 amide bonds. The van der Waals surface area contributed by atoms with Crippen LogP contribution in [0, 0.1) is 6.92 Å². The number of esters is 1. The number of ether oxygens (including phenoxy) is 1. The van der Waals surface area contributed by atoms with Crippen molar-refractivity contribution < 1.29 is 14.6 Å². The minimum Gasteiger partial charge on any atom is -0.508 e. The second-order valence-corrected chi connectivity index (χ2v) is 7.17. The van der Waals surface area contributed by atoms with Crippen LogP contribution in [0.3, 0.4) is 0 Å². The zero-order chi connectivity index (χ0) is 20.6. The predicted octanol–water partition coefficient (Wildman–Crippen LogP) is 3.13. The van der Waals surface area contributed by atoms with E-state index in [1.807, 2.05) is 19.1 Å². The highest BCUT2D eigenvalue weighted by Gasteiger charge is 2.46. The van der Waals surface area contributed by atoms with Gasteiger partial charge in [-0.15, -0.1) is 0 Å². The van der Waals surface area contributed by atoms with Crippen molar-refractivity contribution in [3.63, 3.8) is 0 Å². The molecule has 1 heterocycles. The van der Waals surface area contributed by atoms with Gasteiger partial charge in [-0.1, -0.05) is 24.3 Å². The van der Waals surface area contributed by atoms with Gasteiger partial charge in [-0.05, 0) is 43.5 Å². The molecule has 1 aliphatic carbocycles. The van der Waals surface area contributed by atoms with E-state index in [2.05, 4.69) is 10.3 Å². The molecule has 0 radical (unpaired) electrons. The fourth-order valence-electron chi connectivity index (χ4n) is 3.49. The number of anilines is 1. The third kappa shape index (κ3) is 3.35.